The summed E-state index contributed by atoms with van der Waals surface area (Å²) in [5.41, 5.74) is 3.32. The van der Waals surface area contributed by atoms with Gasteiger partial charge in [0.15, 0.2) is 6.29 Å². The van der Waals surface area contributed by atoms with Crippen molar-refractivity contribution in [1.29, 1.82) is 0 Å². The molecule has 0 saturated carbocycles. The number of carbonyl (C=O) groups excluding carboxylic acids is 1. The second-order valence-corrected chi connectivity index (χ2v) is 6.40. The third-order valence-corrected chi connectivity index (χ3v) is 3.65. The molecule has 6 heteroatoms. The molecule has 0 aliphatic carbocycles. The van der Waals surface area contributed by atoms with Crippen LogP contribution >= 0.6 is 7.37 Å². The highest BCUT2D eigenvalue weighted by Crippen LogP contribution is 2.40. The van der Waals surface area contributed by atoms with E-state index in [0.717, 1.165) is 0 Å². The Labute approximate surface area is 83.8 Å². The van der Waals surface area contributed by atoms with E-state index in [1.54, 1.807) is 0 Å². The first kappa shape index (κ1) is 13.6. The molecular weight excluding hydrogens is 205 g/mol. The Bertz CT molecular complexity index is 241. The van der Waals surface area contributed by atoms with Crippen LogP contribution in [-0.2, 0) is 9.36 Å². The summed E-state index contributed by atoms with van der Waals surface area (Å²) in [6, 6.07) is 0. The van der Waals surface area contributed by atoms with Crippen LogP contribution < -0.4 is 10.8 Å². The maximum Gasteiger partial charge on any atom is 0.253 e. The average molecular weight is 223 g/mol. The van der Waals surface area contributed by atoms with E-state index in [4.69, 9.17) is 0 Å². The Hall–Kier alpha value is -0.380. The highest BCUT2D eigenvalue weighted by atomic mass is 31.2. The largest absolute Gasteiger partial charge is 0.550 e. The first-order chi connectivity index (χ1) is 6.28. The molecule has 14 heavy (non-hydrogen) atoms. The van der Waals surface area contributed by atoms with Crippen molar-refractivity contribution >= 4 is 13.3 Å². The number of hydrogen-bond acceptors (Lipinski definition) is 3. The van der Waals surface area contributed by atoms with Gasteiger partial charge in [-0.05, 0) is 12.3 Å². The van der Waals surface area contributed by atoms with Crippen LogP contribution in [0.25, 0.3) is 0 Å². The minimum absolute atomic E-state index is 0.130. The van der Waals surface area contributed by atoms with Gasteiger partial charge in [0.2, 0.25) is 0 Å². The first-order valence-electron chi connectivity index (χ1n) is 4.59. The minimum atomic E-state index is -3.37. The number of hydrogen-bond donors (Lipinski definition) is 2. The van der Waals surface area contributed by atoms with Gasteiger partial charge in [0, 0.05) is 18.0 Å². The zero-order valence-electron chi connectivity index (χ0n) is 8.60. The van der Waals surface area contributed by atoms with Crippen LogP contribution in [0.3, 0.4) is 0 Å². The van der Waals surface area contributed by atoms with Crippen LogP contribution in [0.2, 0.25) is 0 Å². The molecule has 0 aliphatic heterocycles. The number of carbonyl (C=O) groups is 1. The normalized spacial score (nSPS) is 17.8. The highest BCUT2D eigenvalue weighted by molar-refractivity contribution is 7.57. The molecule has 0 heterocycles. The van der Waals surface area contributed by atoms with Crippen LogP contribution in [-0.4, -0.2) is 23.3 Å². The molecular formula is C8H18NO4P. The molecule has 4 N–H and O–H groups in total. The number of aliphatic carboxylic acids is 1. The van der Waals surface area contributed by atoms with Crippen molar-refractivity contribution in [2.24, 2.45) is 11.8 Å². The summed E-state index contributed by atoms with van der Waals surface area (Å²) in [7, 11) is -3.37. The fourth-order valence-corrected chi connectivity index (χ4v) is 2.42. The third kappa shape index (κ3) is 5.37. The number of quaternary nitrogens is 1. The van der Waals surface area contributed by atoms with E-state index in [-0.39, 0.29) is 18.4 Å². The molecule has 2 atom stereocenters. The van der Waals surface area contributed by atoms with Gasteiger partial charge < -0.3 is 20.5 Å². The Morgan fingerprint density at radius 3 is 2.36 bits per heavy atom. The Morgan fingerprint density at radius 1 is 1.57 bits per heavy atom. The lowest BCUT2D eigenvalue weighted by Crippen LogP contribution is -2.50. The summed E-state index contributed by atoms with van der Waals surface area (Å²) >= 11 is 0. The molecule has 84 valence electrons. The Morgan fingerprint density at radius 2 is 2.07 bits per heavy atom. The number of carboxylic acid groups (broad SMARTS) is 1. The van der Waals surface area contributed by atoms with Gasteiger partial charge in [0.25, 0.3) is 7.37 Å². The molecule has 0 aromatic heterocycles. The zero-order chi connectivity index (χ0) is 11.4. The van der Waals surface area contributed by atoms with Crippen LogP contribution in [0.5, 0.6) is 0 Å². The molecule has 0 spiro atoms. The maximum absolute atomic E-state index is 11.3. The first-order valence-corrected chi connectivity index (χ1v) is 6.62. The quantitative estimate of drug-likeness (QED) is 0.555. The fraction of sp³-hybridized carbons (Fsp3) is 0.875. The highest BCUT2D eigenvalue weighted by Gasteiger charge is 2.25. The summed E-state index contributed by atoms with van der Waals surface area (Å²) in [6.07, 6.45) is 0.0127. The van der Waals surface area contributed by atoms with E-state index in [0.29, 0.717) is 6.42 Å². The summed E-state index contributed by atoms with van der Waals surface area (Å²) in [5.74, 6) is -1.92. The lowest BCUT2D eigenvalue weighted by molar-refractivity contribution is -0.343. The minimum Gasteiger partial charge on any atom is -0.550 e. The van der Waals surface area contributed by atoms with Crippen LogP contribution in [0.4, 0.5) is 0 Å². The molecule has 0 aromatic carbocycles. The smallest absolute Gasteiger partial charge is 0.253 e. The van der Waals surface area contributed by atoms with E-state index >= 15 is 0 Å². The summed E-state index contributed by atoms with van der Waals surface area (Å²) in [4.78, 5) is 19.9. The fourth-order valence-electron chi connectivity index (χ4n) is 1.25. The van der Waals surface area contributed by atoms with Crippen molar-refractivity contribution in [3.05, 3.63) is 0 Å². The van der Waals surface area contributed by atoms with E-state index in [9.17, 15) is 19.4 Å². The van der Waals surface area contributed by atoms with Crippen molar-refractivity contribution in [3.8, 4) is 0 Å². The molecule has 0 rings (SSSR count). The lowest BCUT2D eigenvalue weighted by Gasteiger charge is -2.21. The van der Waals surface area contributed by atoms with Crippen LogP contribution in [0.15, 0.2) is 0 Å². The molecule has 0 bridgehead atoms. The van der Waals surface area contributed by atoms with Gasteiger partial charge in [0.05, 0.1) is 0 Å². The van der Waals surface area contributed by atoms with Gasteiger partial charge in [-0.1, -0.05) is 13.8 Å². The second-order valence-electron chi connectivity index (χ2n) is 3.90. The van der Waals surface area contributed by atoms with Gasteiger partial charge >= 0.3 is 0 Å². The summed E-state index contributed by atoms with van der Waals surface area (Å²) in [5, 5.41) is 10.7. The SMILES string of the molecule is CC(C)C[C@H](CP(=O)(O)C[NH3+])C(=O)[O-]. The number of carboxylic acids is 1. The van der Waals surface area contributed by atoms with Gasteiger partial charge in [0.1, 0.15) is 0 Å². The van der Waals surface area contributed by atoms with Crippen molar-refractivity contribution in [1.82, 2.24) is 0 Å². The van der Waals surface area contributed by atoms with Gasteiger partial charge in [-0.15, -0.1) is 0 Å². The van der Waals surface area contributed by atoms with E-state index in [1.807, 2.05) is 13.8 Å². The van der Waals surface area contributed by atoms with Crippen molar-refractivity contribution in [3.63, 3.8) is 0 Å². The molecule has 0 fully saturated rings. The van der Waals surface area contributed by atoms with Crippen molar-refractivity contribution < 1.29 is 25.1 Å². The maximum atomic E-state index is 11.3. The van der Waals surface area contributed by atoms with Crippen molar-refractivity contribution in [2.45, 2.75) is 20.3 Å². The Kier molecular flexibility index (Phi) is 5.34. The standard InChI is InChI=1S/C8H18NO4P/c1-6(2)3-7(8(10)11)4-14(12,13)5-9/h6-7H,3-5,9H2,1-2H3,(H,10,11)(H,12,13)/t7-/m1/s1. The molecule has 0 aliphatic rings. The van der Waals surface area contributed by atoms with Crippen molar-refractivity contribution in [2.75, 3.05) is 12.4 Å². The molecule has 0 aromatic rings. The Balaban J connectivity index is 4.38. The average Bonchev–Trinajstić information content (AvgIpc) is 2.02. The topological polar surface area (TPSA) is 105 Å². The van der Waals surface area contributed by atoms with Crippen LogP contribution in [0.1, 0.15) is 20.3 Å². The predicted molar refractivity (Wildman–Crippen MR) is 50.4 cm³/mol. The van der Waals surface area contributed by atoms with E-state index in [1.165, 1.54) is 0 Å². The molecule has 5 nitrogen and oxygen atoms in total. The molecule has 0 radical (unpaired) electrons. The summed E-state index contributed by atoms with van der Waals surface area (Å²) in [6.45, 7) is 3.73. The predicted octanol–water partition coefficient (Wildman–Crippen LogP) is -1.13. The van der Waals surface area contributed by atoms with Gasteiger partial charge in [-0.2, -0.15) is 0 Å². The summed E-state index contributed by atoms with van der Waals surface area (Å²) < 4.78 is 11.3. The molecule has 0 saturated heterocycles. The van der Waals surface area contributed by atoms with E-state index < -0.39 is 19.3 Å². The monoisotopic (exact) mass is 223 g/mol. The van der Waals surface area contributed by atoms with E-state index in [2.05, 4.69) is 5.73 Å². The van der Waals surface area contributed by atoms with Gasteiger partial charge in [-0.25, -0.2) is 0 Å². The lowest BCUT2D eigenvalue weighted by atomic mass is 9.99. The van der Waals surface area contributed by atoms with Crippen LogP contribution in [0, 0.1) is 11.8 Å². The van der Waals surface area contributed by atoms with Gasteiger partial charge in [-0.3, -0.25) is 4.57 Å². The molecule has 0 amide bonds. The second kappa shape index (κ2) is 5.49. The number of rotatable bonds is 6. The molecule has 1 unspecified atom stereocenters. The zero-order valence-corrected chi connectivity index (χ0v) is 9.50. The third-order valence-electron chi connectivity index (χ3n) is 1.94.